The second-order valence-corrected chi connectivity index (χ2v) is 8.09. The second-order valence-electron chi connectivity index (χ2n) is 6.39. The number of esters is 1. The summed E-state index contributed by atoms with van der Waals surface area (Å²) in [7, 11) is -2.16. The fourth-order valence-corrected chi connectivity index (χ4v) is 4.76. The zero-order valence-electron chi connectivity index (χ0n) is 15.8. The fraction of sp³-hybridized carbons (Fsp3) is 0.647. The Morgan fingerprint density at radius 1 is 1.27 bits per heavy atom. The lowest BCUT2D eigenvalue weighted by Crippen LogP contribution is -2.31. The van der Waals surface area contributed by atoms with Crippen molar-refractivity contribution >= 4 is 21.9 Å². The van der Waals surface area contributed by atoms with E-state index < -0.39 is 16.0 Å². The van der Waals surface area contributed by atoms with Gasteiger partial charge in [-0.15, -0.1) is 0 Å². The number of nitrogens with zero attached hydrogens (tertiary/aromatic N) is 2. The number of carbonyl (C=O) groups is 2. The highest BCUT2D eigenvalue weighted by Crippen LogP contribution is 2.26. The van der Waals surface area contributed by atoms with Gasteiger partial charge in [0.2, 0.25) is 15.9 Å². The van der Waals surface area contributed by atoms with E-state index in [1.54, 1.807) is 37.3 Å². The summed E-state index contributed by atoms with van der Waals surface area (Å²) in [4.78, 5) is 25.6. The number of rotatable bonds is 8. The van der Waals surface area contributed by atoms with Gasteiger partial charge in [0.05, 0.1) is 6.61 Å². The summed E-state index contributed by atoms with van der Waals surface area (Å²) in [6, 6.07) is 0. The highest BCUT2D eigenvalue weighted by atomic mass is 32.2. The predicted octanol–water partition coefficient (Wildman–Crippen LogP) is 1.11. The summed E-state index contributed by atoms with van der Waals surface area (Å²) in [5.41, 5.74) is 1.10. The van der Waals surface area contributed by atoms with Crippen molar-refractivity contribution in [1.29, 1.82) is 0 Å². The third-order valence-electron chi connectivity index (χ3n) is 4.74. The molecule has 1 amide bonds. The maximum Gasteiger partial charge on any atom is 0.341 e. The summed E-state index contributed by atoms with van der Waals surface area (Å²) in [6.45, 7) is 6.65. The van der Waals surface area contributed by atoms with Crippen LogP contribution >= 0.6 is 0 Å². The molecule has 1 fully saturated rings. The van der Waals surface area contributed by atoms with Crippen molar-refractivity contribution in [3.8, 4) is 0 Å². The van der Waals surface area contributed by atoms with Crippen LogP contribution < -0.4 is 4.72 Å². The van der Waals surface area contributed by atoms with Gasteiger partial charge >= 0.3 is 5.97 Å². The maximum atomic E-state index is 12.8. The van der Waals surface area contributed by atoms with E-state index in [2.05, 4.69) is 4.72 Å². The number of aromatic nitrogens is 1. The monoisotopic (exact) mass is 385 g/mol. The largest absolute Gasteiger partial charge is 0.462 e. The van der Waals surface area contributed by atoms with E-state index >= 15 is 0 Å². The van der Waals surface area contributed by atoms with E-state index in [9.17, 15) is 18.0 Å². The number of hydrogen-bond acceptors (Lipinski definition) is 5. The average Bonchev–Trinajstić information content (AvgIpc) is 3.08. The van der Waals surface area contributed by atoms with E-state index in [1.165, 1.54) is 0 Å². The van der Waals surface area contributed by atoms with Crippen molar-refractivity contribution in [1.82, 2.24) is 14.2 Å². The van der Waals surface area contributed by atoms with Crippen molar-refractivity contribution in [3.05, 3.63) is 17.0 Å². The van der Waals surface area contributed by atoms with Crippen LogP contribution in [0.3, 0.4) is 0 Å². The van der Waals surface area contributed by atoms with Crippen LogP contribution in [0, 0.1) is 13.8 Å². The molecule has 0 atom stereocenters. The van der Waals surface area contributed by atoms with Crippen molar-refractivity contribution in [2.75, 3.05) is 26.2 Å². The molecular weight excluding hydrogens is 358 g/mol. The number of nitrogens with one attached hydrogen (secondary N) is 1. The highest BCUT2D eigenvalue weighted by molar-refractivity contribution is 7.89. The van der Waals surface area contributed by atoms with Crippen LogP contribution in [0.5, 0.6) is 0 Å². The van der Waals surface area contributed by atoms with Crippen molar-refractivity contribution in [3.63, 3.8) is 0 Å². The SMILES string of the molecule is CCOC(=O)c1c(S(=O)(=O)NCCCN2CCCC2=O)c(C)n(C)c1C. The lowest BCUT2D eigenvalue weighted by molar-refractivity contribution is -0.127. The first-order valence-corrected chi connectivity index (χ1v) is 10.3. The molecule has 1 aromatic rings. The molecule has 9 heteroatoms. The van der Waals surface area contributed by atoms with E-state index in [1.807, 2.05) is 0 Å². The summed E-state index contributed by atoms with van der Waals surface area (Å²) in [6.07, 6.45) is 1.94. The Kier molecular flexibility index (Phi) is 6.46. The molecule has 1 N–H and O–H groups in total. The molecule has 146 valence electrons. The molecule has 0 unspecified atom stereocenters. The third kappa shape index (κ3) is 4.09. The lowest BCUT2D eigenvalue weighted by Gasteiger charge is -2.15. The van der Waals surface area contributed by atoms with Gasteiger partial charge < -0.3 is 14.2 Å². The first kappa shape index (κ1) is 20.4. The van der Waals surface area contributed by atoms with Gasteiger partial charge in [-0.05, 0) is 33.6 Å². The molecule has 26 heavy (non-hydrogen) atoms. The smallest absolute Gasteiger partial charge is 0.341 e. The fourth-order valence-electron chi connectivity index (χ4n) is 3.18. The quantitative estimate of drug-likeness (QED) is 0.534. The molecule has 0 aliphatic carbocycles. The Hall–Kier alpha value is -1.87. The molecule has 0 saturated carbocycles. The number of hydrogen-bond donors (Lipinski definition) is 1. The average molecular weight is 385 g/mol. The first-order chi connectivity index (χ1) is 12.2. The van der Waals surface area contributed by atoms with Gasteiger partial charge in [0.15, 0.2) is 0 Å². The zero-order valence-corrected chi connectivity index (χ0v) is 16.6. The molecule has 8 nitrogen and oxygen atoms in total. The van der Waals surface area contributed by atoms with Gasteiger partial charge in [0.1, 0.15) is 10.5 Å². The second kappa shape index (κ2) is 8.22. The van der Waals surface area contributed by atoms with Gasteiger partial charge in [0.25, 0.3) is 0 Å². The van der Waals surface area contributed by atoms with Crippen LogP contribution in [0.2, 0.25) is 0 Å². The standard InChI is InChI=1S/C17H27N3O5S/c1-5-25-17(22)15-12(2)19(4)13(3)16(15)26(23,24)18-9-7-11-20-10-6-8-14(20)21/h18H,5-11H2,1-4H3. The minimum absolute atomic E-state index is 0.0341. The number of ether oxygens (including phenoxy) is 1. The molecule has 2 heterocycles. The van der Waals surface area contributed by atoms with Crippen molar-refractivity contribution in [2.24, 2.45) is 7.05 Å². The van der Waals surface area contributed by atoms with Crippen LogP contribution in [0.4, 0.5) is 0 Å². The molecule has 1 saturated heterocycles. The summed E-state index contributed by atoms with van der Waals surface area (Å²) in [5, 5.41) is 0. The topological polar surface area (TPSA) is 97.7 Å². The molecule has 2 rings (SSSR count). The molecule has 0 bridgehead atoms. The molecule has 0 aromatic carbocycles. The van der Waals surface area contributed by atoms with Crippen LogP contribution in [-0.4, -0.2) is 56.0 Å². The van der Waals surface area contributed by atoms with Crippen LogP contribution in [0.25, 0.3) is 0 Å². The Morgan fingerprint density at radius 2 is 1.96 bits per heavy atom. The number of amides is 1. The molecule has 1 aliphatic heterocycles. The van der Waals surface area contributed by atoms with Crippen molar-refractivity contribution in [2.45, 2.75) is 44.9 Å². The van der Waals surface area contributed by atoms with Gasteiger partial charge in [-0.1, -0.05) is 0 Å². The van der Waals surface area contributed by atoms with E-state index in [0.29, 0.717) is 30.8 Å². The Bertz CT molecular complexity index is 798. The number of carbonyl (C=O) groups excluding carboxylic acids is 2. The number of sulfonamides is 1. The molecule has 0 spiro atoms. The third-order valence-corrected chi connectivity index (χ3v) is 6.36. The predicted molar refractivity (Wildman–Crippen MR) is 96.5 cm³/mol. The Morgan fingerprint density at radius 3 is 2.54 bits per heavy atom. The van der Waals surface area contributed by atoms with E-state index in [-0.39, 0.29) is 29.5 Å². The molecule has 1 aromatic heterocycles. The maximum absolute atomic E-state index is 12.8. The van der Waals surface area contributed by atoms with E-state index in [4.69, 9.17) is 4.74 Å². The Balaban J connectivity index is 2.13. The normalized spacial score (nSPS) is 14.9. The van der Waals surface area contributed by atoms with Crippen LogP contribution in [-0.2, 0) is 26.6 Å². The molecular formula is C17H27N3O5S. The first-order valence-electron chi connectivity index (χ1n) is 8.81. The van der Waals surface area contributed by atoms with Gasteiger partial charge in [-0.3, -0.25) is 4.79 Å². The minimum Gasteiger partial charge on any atom is -0.462 e. The van der Waals surface area contributed by atoms with Gasteiger partial charge in [0, 0.05) is 44.5 Å². The van der Waals surface area contributed by atoms with E-state index in [0.717, 1.165) is 13.0 Å². The van der Waals surface area contributed by atoms with Gasteiger partial charge in [-0.2, -0.15) is 0 Å². The van der Waals surface area contributed by atoms with Gasteiger partial charge in [-0.25, -0.2) is 17.9 Å². The highest BCUT2D eigenvalue weighted by Gasteiger charge is 2.31. The lowest BCUT2D eigenvalue weighted by atomic mass is 10.2. The zero-order chi connectivity index (χ0) is 19.5. The van der Waals surface area contributed by atoms with Crippen LogP contribution in [0.15, 0.2) is 4.90 Å². The minimum atomic E-state index is -3.87. The summed E-state index contributed by atoms with van der Waals surface area (Å²) in [5.74, 6) is -0.524. The number of likely N-dealkylation sites (tertiary alicyclic amines) is 1. The van der Waals surface area contributed by atoms with Crippen molar-refractivity contribution < 1.29 is 22.7 Å². The Labute approximate surface area is 154 Å². The summed E-state index contributed by atoms with van der Waals surface area (Å²) >= 11 is 0. The molecule has 0 radical (unpaired) electrons. The molecule has 1 aliphatic rings. The van der Waals surface area contributed by atoms with Crippen LogP contribution in [0.1, 0.15) is 47.9 Å². The summed E-state index contributed by atoms with van der Waals surface area (Å²) < 4.78 is 34.8.